The summed E-state index contributed by atoms with van der Waals surface area (Å²) < 4.78 is 85.1. The minimum absolute atomic E-state index is 0.145. The fourth-order valence-corrected chi connectivity index (χ4v) is 12.6. The zero-order valence-electron chi connectivity index (χ0n) is 33.9. The van der Waals surface area contributed by atoms with Crippen molar-refractivity contribution < 1.29 is 39.9 Å². The summed E-state index contributed by atoms with van der Waals surface area (Å²) in [6.45, 7) is 3.93. The lowest BCUT2D eigenvalue weighted by Crippen LogP contribution is -2.39. The number of sulfone groups is 2. The van der Waals surface area contributed by atoms with Crippen LogP contribution in [0.2, 0.25) is 0 Å². The van der Waals surface area contributed by atoms with Gasteiger partial charge in [0.2, 0.25) is 0 Å². The maximum absolute atomic E-state index is 14.6. The molecule has 0 radical (unpaired) electrons. The summed E-state index contributed by atoms with van der Waals surface area (Å²) >= 11 is 9.14. The van der Waals surface area contributed by atoms with Crippen molar-refractivity contribution in [3.8, 4) is 0 Å². The third-order valence-electron chi connectivity index (χ3n) is 10.8. The molecule has 2 N–H and O–H groups in total. The summed E-state index contributed by atoms with van der Waals surface area (Å²) in [6.07, 6.45) is 1.07. The van der Waals surface area contributed by atoms with Gasteiger partial charge >= 0.3 is 4.71 Å². The van der Waals surface area contributed by atoms with Crippen LogP contribution < -0.4 is 15.5 Å². The fraction of sp³-hybridized carbons (Fsp3) is 0.302. The molecule has 0 bridgehead atoms. The lowest BCUT2D eigenvalue weighted by molar-refractivity contribution is 0.0370. The van der Waals surface area contributed by atoms with E-state index in [1.165, 1.54) is 28.5 Å². The molecule has 1 atom stereocenters. The molecule has 64 heavy (non-hydrogen) atoms. The molecule has 0 unspecified atom stereocenters. The standard InChI is InChI=1S/C43H41ClF2N6O7S5/c44-43(45,46)64(57,58)39-23-31(13-14-35(39)47-29(16-17-51-19-21-59-22-20-51)25-60-30-8-2-1-3-9-30)63(55,56)27-37(53)36-26-61-42(49-36)52-18-15-28-7-6-10-32(33(28)24-52)40(54)50-41-48-34-11-4-5-12-38(34)62-41/h1-14,23,26,29,47H,15-22,24-25,27H2,(H,48,50,54)/t29-/m1/s1. The maximum atomic E-state index is 14.6. The fourth-order valence-electron chi connectivity index (χ4n) is 7.37. The molecule has 1 saturated heterocycles. The highest BCUT2D eigenvalue weighted by Crippen LogP contribution is 2.39. The number of para-hydroxylation sites is 1. The van der Waals surface area contributed by atoms with Gasteiger partial charge in [-0.25, -0.2) is 26.8 Å². The van der Waals surface area contributed by atoms with Gasteiger partial charge in [0.25, 0.3) is 15.7 Å². The molecule has 336 valence electrons. The Hall–Kier alpha value is -4.54. The molecule has 2 aromatic heterocycles. The van der Waals surface area contributed by atoms with Gasteiger partial charge in [-0.1, -0.05) is 53.8 Å². The first kappa shape index (κ1) is 46.0. The molecule has 21 heteroatoms. The lowest BCUT2D eigenvalue weighted by Gasteiger charge is -2.29. The molecule has 1 fully saturated rings. The van der Waals surface area contributed by atoms with Gasteiger partial charge in [0.15, 0.2) is 25.9 Å². The Balaban J connectivity index is 0.984. The lowest BCUT2D eigenvalue weighted by atomic mass is 9.94. The molecule has 4 heterocycles. The number of rotatable bonds is 17. The summed E-state index contributed by atoms with van der Waals surface area (Å²) in [5.74, 6) is -1.90. The number of thiazole rings is 2. The van der Waals surface area contributed by atoms with E-state index in [1.54, 1.807) is 6.07 Å². The second-order valence-electron chi connectivity index (χ2n) is 15.1. The minimum Gasteiger partial charge on any atom is -0.380 e. The maximum Gasteiger partial charge on any atom is 0.427 e. The van der Waals surface area contributed by atoms with Crippen LogP contribution >= 0.6 is 46.0 Å². The summed E-state index contributed by atoms with van der Waals surface area (Å²) in [7, 11) is -10.2. The smallest absolute Gasteiger partial charge is 0.380 e. The number of aromatic nitrogens is 2. The van der Waals surface area contributed by atoms with Crippen molar-refractivity contribution >= 4 is 104 Å². The van der Waals surface area contributed by atoms with Crippen molar-refractivity contribution in [1.29, 1.82) is 0 Å². The zero-order chi connectivity index (χ0) is 45.1. The highest BCUT2D eigenvalue weighted by atomic mass is 35.5. The molecule has 8 rings (SSSR count). The number of anilines is 3. The van der Waals surface area contributed by atoms with Crippen LogP contribution in [0, 0.1) is 0 Å². The van der Waals surface area contributed by atoms with Crippen LogP contribution in [0.1, 0.15) is 38.4 Å². The van der Waals surface area contributed by atoms with E-state index in [2.05, 4.69) is 25.5 Å². The minimum atomic E-state index is -5.64. The van der Waals surface area contributed by atoms with E-state index in [0.717, 1.165) is 49.7 Å². The zero-order valence-corrected chi connectivity index (χ0v) is 38.8. The van der Waals surface area contributed by atoms with E-state index in [9.17, 15) is 35.2 Å². The van der Waals surface area contributed by atoms with Crippen LogP contribution in [-0.4, -0.2) is 105 Å². The topological polar surface area (TPSA) is 168 Å². The number of amides is 1. The highest BCUT2D eigenvalue weighted by Gasteiger charge is 2.46. The summed E-state index contributed by atoms with van der Waals surface area (Å²) in [6, 6.07) is 24.9. The molecule has 2 aliphatic rings. The number of ketones is 1. The molecular weight excluding hydrogens is 946 g/mol. The second kappa shape index (κ2) is 19.5. The summed E-state index contributed by atoms with van der Waals surface area (Å²) in [5, 5.41) is 8.33. The van der Waals surface area contributed by atoms with Crippen molar-refractivity contribution in [3.05, 3.63) is 119 Å². The number of alkyl halides is 3. The number of hydrogen-bond donors (Lipinski definition) is 2. The second-order valence-corrected chi connectivity index (χ2v) is 22.7. The van der Waals surface area contributed by atoms with Crippen LogP contribution in [-0.2, 0) is 37.4 Å². The van der Waals surface area contributed by atoms with Crippen LogP contribution in [0.5, 0.6) is 0 Å². The number of carbonyl (C=O) groups is 2. The number of ether oxygens (including phenoxy) is 1. The first-order valence-electron chi connectivity index (χ1n) is 20.1. The molecule has 0 aliphatic carbocycles. The summed E-state index contributed by atoms with van der Waals surface area (Å²) in [4.78, 5) is 39.4. The third kappa shape index (κ3) is 10.6. The van der Waals surface area contributed by atoms with Crippen LogP contribution in [0.25, 0.3) is 10.2 Å². The Kier molecular flexibility index (Phi) is 14.0. The third-order valence-corrected chi connectivity index (χ3v) is 17.5. The van der Waals surface area contributed by atoms with Crippen molar-refractivity contribution in [1.82, 2.24) is 14.9 Å². The molecular formula is C43H41ClF2N6O7S5. The van der Waals surface area contributed by atoms with Gasteiger partial charge in [-0.2, -0.15) is 8.78 Å². The SMILES string of the molecule is O=C(CS(=O)(=O)c1ccc(N[C@H](CCN2CCOCC2)CSc2ccccc2)c(S(=O)(=O)C(F)(F)Cl)c1)c1csc(N2CCc3cccc(C(=O)Nc4nc5ccccc5s4)c3C2)n1. The predicted molar refractivity (Wildman–Crippen MR) is 248 cm³/mol. The Morgan fingerprint density at radius 1 is 0.938 bits per heavy atom. The first-order valence-corrected chi connectivity index (χ1v) is 26.3. The van der Waals surface area contributed by atoms with Gasteiger partial charge < -0.3 is 15.0 Å². The number of thioether (sulfide) groups is 1. The molecule has 0 saturated carbocycles. The van der Waals surface area contributed by atoms with Crippen molar-refractivity contribution in [3.63, 3.8) is 0 Å². The molecule has 2 aliphatic heterocycles. The van der Waals surface area contributed by atoms with E-state index >= 15 is 0 Å². The molecule has 4 aromatic carbocycles. The van der Waals surface area contributed by atoms with Gasteiger partial charge in [0, 0.05) is 60.4 Å². The first-order chi connectivity index (χ1) is 30.6. The predicted octanol–water partition coefficient (Wildman–Crippen LogP) is 8.08. The number of hydrogen-bond acceptors (Lipinski definition) is 15. The number of nitrogens with one attached hydrogen (secondary N) is 2. The highest BCUT2D eigenvalue weighted by molar-refractivity contribution is 7.99. The Morgan fingerprint density at radius 3 is 2.47 bits per heavy atom. The molecule has 6 aromatic rings. The van der Waals surface area contributed by atoms with Gasteiger partial charge in [-0.15, -0.1) is 23.1 Å². The molecule has 13 nitrogen and oxygen atoms in total. The van der Waals surface area contributed by atoms with E-state index in [0.29, 0.717) is 86.4 Å². The van der Waals surface area contributed by atoms with E-state index in [-0.39, 0.29) is 17.3 Å². The van der Waals surface area contributed by atoms with Crippen molar-refractivity contribution in [2.45, 2.75) is 44.8 Å². The van der Waals surface area contributed by atoms with Crippen LogP contribution in [0.15, 0.2) is 111 Å². The average molecular weight is 988 g/mol. The Bertz CT molecular complexity index is 2860. The van der Waals surface area contributed by atoms with Gasteiger partial charge in [0.1, 0.15) is 11.4 Å². The average Bonchev–Trinajstić information content (AvgIpc) is 3.95. The summed E-state index contributed by atoms with van der Waals surface area (Å²) in [5.41, 5.74) is 2.60. The number of carbonyl (C=O) groups excluding carboxylic acids is 2. The van der Waals surface area contributed by atoms with Crippen LogP contribution in [0.4, 0.5) is 24.7 Å². The monoisotopic (exact) mass is 986 g/mol. The van der Waals surface area contributed by atoms with Gasteiger partial charge in [-0.05, 0) is 84.1 Å². The number of Topliss-reactive ketones (excluding diaryl/α,β-unsaturated/α-hetero) is 1. The van der Waals surface area contributed by atoms with Crippen molar-refractivity contribution in [2.75, 3.05) is 66.4 Å². The Labute approximate surface area is 386 Å². The van der Waals surface area contributed by atoms with Crippen LogP contribution in [0.3, 0.4) is 0 Å². The van der Waals surface area contributed by atoms with E-state index in [4.69, 9.17) is 16.3 Å². The number of nitrogens with zero attached hydrogens (tertiary/aromatic N) is 4. The number of fused-ring (bicyclic) bond motifs is 2. The Morgan fingerprint density at radius 2 is 1.70 bits per heavy atom. The largest absolute Gasteiger partial charge is 0.427 e. The van der Waals surface area contributed by atoms with Gasteiger partial charge in [-0.3, -0.25) is 19.8 Å². The van der Waals surface area contributed by atoms with Gasteiger partial charge in [0.05, 0.1) is 38.9 Å². The molecule has 1 amide bonds. The molecule has 0 spiro atoms. The van der Waals surface area contributed by atoms with E-state index in [1.807, 2.05) is 71.6 Å². The quantitative estimate of drug-likeness (QED) is 0.0512. The van der Waals surface area contributed by atoms with E-state index < -0.39 is 51.8 Å². The number of benzene rings is 4. The normalized spacial score (nSPS) is 15.5. The number of morpholine rings is 1. The number of halogens is 3. The van der Waals surface area contributed by atoms with Crippen molar-refractivity contribution in [2.24, 2.45) is 0 Å².